The quantitative estimate of drug-likeness (QED) is 0.723. The zero-order valence-electron chi connectivity index (χ0n) is 12.6. The van der Waals surface area contributed by atoms with Gasteiger partial charge in [0.05, 0.1) is 6.54 Å². The first kappa shape index (κ1) is 17.0. The van der Waals surface area contributed by atoms with Crippen LogP contribution < -0.4 is 5.32 Å². The molecule has 112 valence electrons. The number of hydrogen-bond donors (Lipinski definition) is 1. The van der Waals surface area contributed by atoms with Crippen molar-refractivity contribution in [2.75, 3.05) is 59.9 Å². The van der Waals surface area contributed by atoms with Gasteiger partial charge in [0, 0.05) is 51.9 Å². The van der Waals surface area contributed by atoms with E-state index in [4.69, 9.17) is 0 Å². The number of nitrogens with zero attached hydrogens (tertiary/aromatic N) is 4. The zero-order chi connectivity index (χ0) is 13.2. The van der Waals surface area contributed by atoms with Gasteiger partial charge in [-0.1, -0.05) is 0 Å². The van der Waals surface area contributed by atoms with Crippen molar-refractivity contribution in [1.82, 2.24) is 20.0 Å². The highest BCUT2D eigenvalue weighted by atomic mass is 127. The van der Waals surface area contributed by atoms with Crippen LogP contribution in [-0.2, 0) is 0 Å². The van der Waals surface area contributed by atoms with Crippen LogP contribution in [0.2, 0.25) is 0 Å². The van der Waals surface area contributed by atoms with Gasteiger partial charge in [-0.3, -0.25) is 14.8 Å². The lowest BCUT2D eigenvalue weighted by Gasteiger charge is -2.45. The average Bonchev–Trinajstić information content (AvgIpc) is 2.69. The topological polar surface area (TPSA) is 34.1 Å². The second-order valence-corrected chi connectivity index (χ2v) is 6.06. The molecule has 2 heterocycles. The average molecular weight is 381 g/mol. The maximum absolute atomic E-state index is 4.44. The number of guanidine groups is 1. The molecule has 0 radical (unpaired) electrons. The van der Waals surface area contributed by atoms with Crippen LogP contribution in [0.4, 0.5) is 0 Å². The van der Waals surface area contributed by atoms with Crippen molar-refractivity contribution in [3.8, 4) is 0 Å². The molecule has 5 nitrogen and oxygen atoms in total. The summed E-state index contributed by atoms with van der Waals surface area (Å²) in [5.74, 6) is 1.06. The highest BCUT2D eigenvalue weighted by Gasteiger charge is 2.30. The van der Waals surface area contributed by atoms with E-state index in [1.807, 2.05) is 0 Å². The molecule has 0 bridgehead atoms. The largest absolute Gasteiger partial charge is 0.355 e. The van der Waals surface area contributed by atoms with Gasteiger partial charge in [-0.25, -0.2) is 0 Å². The zero-order valence-corrected chi connectivity index (χ0v) is 15.0. The molecule has 0 aliphatic carbocycles. The molecule has 0 spiro atoms. The highest BCUT2D eigenvalue weighted by Crippen LogP contribution is 2.18. The molecular formula is C13H28IN5. The van der Waals surface area contributed by atoms with Crippen molar-refractivity contribution in [2.24, 2.45) is 4.99 Å². The van der Waals surface area contributed by atoms with E-state index in [0.717, 1.165) is 45.2 Å². The molecule has 1 fully saturated rings. The summed E-state index contributed by atoms with van der Waals surface area (Å²) >= 11 is 0. The van der Waals surface area contributed by atoms with Crippen LogP contribution >= 0.6 is 24.0 Å². The Hall–Kier alpha value is -0.0800. The Bertz CT molecular complexity index is 318. The van der Waals surface area contributed by atoms with Gasteiger partial charge in [-0.05, 0) is 20.9 Å². The normalized spacial score (nSPS) is 24.0. The number of nitrogens with one attached hydrogen (secondary N) is 1. The van der Waals surface area contributed by atoms with E-state index in [9.17, 15) is 0 Å². The van der Waals surface area contributed by atoms with Crippen LogP contribution in [0.5, 0.6) is 0 Å². The van der Waals surface area contributed by atoms with Crippen molar-refractivity contribution >= 4 is 29.9 Å². The van der Waals surface area contributed by atoms with Crippen molar-refractivity contribution < 1.29 is 0 Å². The van der Waals surface area contributed by atoms with Gasteiger partial charge in [0.1, 0.15) is 0 Å². The fourth-order valence-corrected chi connectivity index (χ4v) is 2.58. The van der Waals surface area contributed by atoms with Crippen LogP contribution in [0.25, 0.3) is 0 Å². The van der Waals surface area contributed by atoms with Gasteiger partial charge in [-0.15, -0.1) is 24.0 Å². The Morgan fingerprint density at radius 1 is 1.21 bits per heavy atom. The third-order valence-electron chi connectivity index (χ3n) is 4.17. The first-order valence-corrected chi connectivity index (χ1v) is 6.92. The van der Waals surface area contributed by atoms with Gasteiger partial charge < -0.3 is 10.2 Å². The van der Waals surface area contributed by atoms with Crippen molar-refractivity contribution in [2.45, 2.75) is 19.4 Å². The van der Waals surface area contributed by atoms with E-state index >= 15 is 0 Å². The molecule has 0 unspecified atom stereocenters. The summed E-state index contributed by atoms with van der Waals surface area (Å²) in [7, 11) is 4.32. The lowest BCUT2D eigenvalue weighted by Crippen LogP contribution is -2.58. The standard InChI is InChI=1S/C13H27N5.HI/c1-13(2)11-18(10-9-17(13)4)8-6-15-12-14-5-7-16(12)3;/h5-11H2,1-4H3,(H,14,15);1H. The van der Waals surface area contributed by atoms with Crippen LogP contribution in [-0.4, -0.2) is 86.1 Å². The predicted molar refractivity (Wildman–Crippen MR) is 91.5 cm³/mol. The molecule has 19 heavy (non-hydrogen) atoms. The first-order valence-electron chi connectivity index (χ1n) is 6.92. The van der Waals surface area contributed by atoms with E-state index < -0.39 is 0 Å². The summed E-state index contributed by atoms with van der Waals surface area (Å²) in [5.41, 5.74) is 0.292. The highest BCUT2D eigenvalue weighted by molar-refractivity contribution is 14.0. The van der Waals surface area contributed by atoms with Crippen molar-refractivity contribution in [1.29, 1.82) is 0 Å². The van der Waals surface area contributed by atoms with Crippen molar-refractivity contribution in [3.05, 3.63) is 0 Å². The number of hydrogen-bond acceptors (Lipinski definition) is 5. The maximum Gasteiger partial charge on any atom is 0.193 e. The third kappa shape index (κ3) is 4.46. The second kappa shape index (κ2) is 7.08. The number of rotatable bonds is 3. The molecule has 0 aromatic heterocycles. The molecule has 0 atom stereocenters. The first-order chi connectivity index (χ1) is 8.49. The Balaban J connectivity index is 0.00000180. The molecule has 2 rings (SSSR count). The fourth-order valence-electron chi connectivity index (χ4n) is 2.58. The molecule has 6 heteroatoms. The lowest BCUT2D eigenvalue weighted by molar-refractivity contribution is 0.0412. The number of halogens is 1. The SMILES string of the molecule is CN1CCN=C1NCCN1CCN(C)C(C)(C)C1.I. The Morgan fingerprint density at radius 3 is 2.53 bits per heavy atom. The second-order valence-electron chi connectivity index (χ2n) is 6.06. The van der Waals surface area contributed by atoms with Crippen LogP contribution in [0.15, 0.2) is 4.99 Å². The molecule has 0 amide bonds. The molecule has 0 aromatic carbocycles. The Labute approximate surface area is 134 Å². The van der Waals surface area contributed by atoms with Crippen LogP contribution in [0, 0.1) is 0 Å². The third-order valence-corrected chi connectivity index (χ3v) is 4.17. The van der Waals surface area contributed by atoms with Gasteiger partial charge in [0.2, 0.25) is 0 Å². The van der Waals surface area contributed by atoms with Gasteiger partial charge in [0.25, 0.3) is 0 Å². The molecule has 2 aliphatic rings. The van der Waals surface area contributed by atoms with Gasteiger partial charge in [0.15, 0.2) is 5.96 Å². The lowest BCUT2D eigenvalue weighted by atomic mass is 10.00. The summed E-state index contributed by atoms with van der Waals surface area (Å²) < 4.78 is 0. The summed E-state index contributed by atoms with van der Waals surface area (Å²) in [6.45, 7) is 12.2. The van der Waals surface area contributed by atoms with E-state index in [0.29, 0.717) is 5.54 Å². The number of likely N-dealkylation sites (N-methyl/N-ethyl adjacent to an activating group) is 2. The summed E-state index contributed by atoms with van der Waals surface area (Å²) in [6, 6.07) is 0. The van der Waals surface area contributed by atoms with E-state index in [1.165, 1.54) is 6.54 Å². The molecular weight excluding hydrogens is 353 g/mol. The summed E-state index contributed by atoms with van der Waals surface area (Å²) in [5, 5.41) is 3.44. The molecule has 0 saturated carbocycles. The van der Waals surface area contributed by atoms with E-state index in [2.05, 4.69) is 53.0 Å². The minimum Gasteiger partial charge on any atom is -0.355 e. The van der Waals surface area contributed by atoms with Crippen LogP contribution in [0.3, 0.4) is 0 Å². The number of piperazine rings is 1. The minimum atomic E-state index is 0. The monoisotopic (exact) mass is 381 g/mol. The number of aliphatic imine (C=N–C) groups is 1. The maximum atomic E-state index is 4.44. The predicted octanol–water partition coefficient (Wildman–Crippen LogP) is 0.521. The molecule has 0 aromatic rings. The molecule has 1 saturated heterocycles. The Kier molecular flexibility index (Phi) is 6.32. The van der Waals surface area contributed by atoms with E-state index in [1.54, 1.807) is 0 Å². The minimum absolute atomic E-state index is 0. The van der Waals surface area contributed by atoms with Gasteiger partial charge in [-0.2, -0.15) is 0 Å². The summed E-state index contributed by atoms with van der Waals surface area (Å²) in [4.78, 5) is 11.6. The van der Waals surface area contributed by atoms with Crippen LogP contribution in [0.1, 0.15) is 13.8 Å². The fraction of sp³-hybridized carbons (Fsp3) is 0.923. The summed E-state index contributed by atoms with van der Waals surface area (Å²) in [6.07, 6.45) is 0. The van der Waals surface area contributed by atoms with Gasteiger partial charge >= 0.3 is 0 Å². The molecule has 1 N–H and O–H groups in total. The van der Waals surface area contributed by atoms with Crippen molar-refractivity contribution in [3.63, 3.8) is 0 Å². The van der Waals surface area contributed by atoms with E-state index in [-0.39, 0.29) is 24.0 Å². The smallest absolute Gasteiger partial charge is 0.193 e. The molecule has 2 aliphatic heterocycles. The Morgan fingerprint density at radius 2 is 1.95 bits per heavy atom.